The van der Waals surface area contributed by atoms with Crippen LogP contribution in [0.1, 0.15) is 13.3 Å². The second-order valence-electron chi connectivity index (χ2n) is 2.81. The van der Waals surface area contributed by atoms with Crippen molar-refractivity contribution in [3.63, 3.8) is 0 Å². The summed E-state index contributed by atoms with van der Waals surface area (Å²) in [6.45, 7) is 5.75. The fraction of sp³-hybridized carbons (Fsp3) is 1.00. The number of hydrogen-bond donors (Lipinski definition) is 1. The minimum atomic E-state index is 0.671. The smallest absolute Gasteiger partial charge is 0.0507 e. The largest absolute Gasteiger partial charge is 0.381 e. The van der Waals surface area contributed by atoms with Crippen LogP contribution < -0.4 is 5.84 Å². The van der Waals surface area contributed by atoms with E-state index in [1.165, 1.54) is 6.42 Å². The van der Waals surface area contributed by atoms with Crippen LogP contribution in [0.5, 0.6) is 0 Å². The van der Waals surface area contributed by atoms with E-state index in [4.69, 9.17) is 10.6 Å². The van der Waals surface area contributed by atoms with E-state index >= 15 is 0 Å². The Morgan fingerprint density at radius 2 is 2.50 bits per heavy atom. The molecule has 0 bridgehead atoms. The molecule has 0 aromatic carbocycles. The predicted molar refractivity (Wildman–Crippen MR) is 40.4 cm³/mol. The molecule has 10 heavy (non-hydrogen) atoms. The highest BCUT2D eigenvalue weighted by atomic mass is 16.5. The monoisotopic (exact) mass is 144 g/mol. The first-order valence-electron chi connectivity index (χ1n) is 3.90. The Bertz CT molecular complexity index is 97.6. The standard InChI is InChI=1S/C7H16N2O/c1-2-10-6-7-3-4-9(8)5-7/h7H,2-6,8H2,1H3. The van der Waals surface area contributed by atoms with E-state index in [1.807, 2.05) is 11.9 Å². The number of nitrogens with two attached hydrogens (primary N) is 1. The summed E-state index contributed by atoms with van der Waals surface area (Å²) in [5.74, 6) is 6.25. The van der Waals surface area contributed by atoms with Crippen LogP contribution in [0.25, 0.3) is 0 Å². The second kappa shape index (κ2) is 3.91. The Labute approximate surface area is 62.1 Å². The van der Waals surface area contributed by atoms with Gasteiger partial charge in [-0.2, -0.15) is 0 Å². The molecule has 3 heteroatoms. The minimum absolute atomic E-state index is 0.671. The molecule has 2 N–H and O–H groups in total. The van der Waals surface area contributed by atoms with Crippen molar-refractivity contribution in [2.24, 2.45) is 11.8 Å². The lowest BCUT2D eigenvalue weighted by atomic mass is 10.1. The van der Waals surface area contributed by atoms with Crippen LogP contribution in [0.2, 0.25) is 0 Å². The zero-order valence-corrected chi connectivity index (χ0v) is 6.55. The lowest BCUT2D eigenvalue weighted by Crippen LogP contribution is -2.28. The predicted octanol–water partition coefficient (Wildman–Crippen LogP) is 0.219. The SMILES string of the molecule is CCOCC1CCN(N)C1. The van der Waals surface area contributed by atoms with Crippen LogP contribution in [-0.4, -0.2) is 31.3 Å². The van der Waals surface area contributed by atoms with Gasteiger partial charge in [-0.15, -0.1) is 0 Å². The molecule has 1 heterocycles. The van der Waals surface area contributed by atoms with E-state index in [2.05, 4.69) is 0 Å². The fourth-order valence-corrected chi connectivity index (χ4v) is 1.28. The number of nitrogens with zero attached hydrogens (tertiary/aromatic N) is 1. The van der Waals surface area contributed by atoms with Crippen molar-refractivity contribution < 1.29 is 4.74 Å². The molecule has 1 atom stereocenters. The van der Waals surface area contributed by atoms with E-state index in [1.54, 1.807) is 0 Å². The van der Waals surface area contributed by atoms with Gasteiger partial charge in [-0.25, -0.2) is 5.01 Å². The third-order valence-corrected chi connectivity index (χ3v) is 1.87. The molecule has 0 radical (unpaired) electrons. The lowest BCUT2D eigenvalue weighted by Gasteiger charge is -2.08. The highest BCUT2D eigenvalue weighted by Gasteiger charge is 2.19. The van der Waals surface area contributed by atoms with E-state index in [0.717, 1.165) is 26.3 Å². The Hall–Kier alpha value is -0.120. The summed E-state index contributed by atoms with van der Waals surface area (Å²) in [6, 6.07) is 0. The summed E-state index contributed by atoms with van der Waals surface area (Å²) in [4.78, 5) is 0. The summed E-state index contributed by atoms with van der Waals surface area (Å²) in [5, 5.41) is 1.86. The first-order valence-corrected chi connectivity index (χ1v) is 3.90. The van der Waals surface area contributed by atoms with Crippen molar-refractivity contribution in [3.05, 3.63) is 0 Å². The summed E-state index contributed by atoms with van der Waals surface area (Å²) in [7, 11) is 0. The molecule has 0 amide bonds. The van der Waals surface area contributed by atoms with Gasteiger partial charge in [0, 0.05) is 19.7 Å². The maximum absolute atomic E-state index is 5.57. The Morgan fingerprint density at radius 3 is 3.00 bits per heavy atom. The van der Waals surface area contributed by atoms with Crippen LogP contribution in [0.4, 0.5) is 0 Å². The Balaban J connectivity index is 2.06. The number of ether oxygens (including phenoxy) is 1. The van der Waals surface area contributed by atoms with E-state index < -0.39 is 0 Å². The number of rotatable bonds is 3. The van der Waals surface area contributed by atoms with Gasteiger partial charge in [-0.3, -0.25) is 5.84 Å². The minimum Gasteiger partial charge on any atom is -0.381 e. The topological polar surface area (TPSA) is 38.5 Å². The molecule has 1 aliphatic heterocycles. The molecule has 60 valence electrons. The first kappa shape index (κ1) is 7.98. The molecule has 3 nitrogen and oxygen atoms in total. The van der Waals surface area contributed by atoms with Crippen molar-refractivity contribution >= 4 is 0 Å². The average molecular weight is 144 g/mol. The van der Waals surface area contributed by atoms with Crippen molar-refractivity contribution in [2.45, 2.75) is 13.3 Å². The van der Waals surface area contributed by atoms with Gasteiger partial charge in [0.15, 0.2) is 0 Å². The molecule has 0 aliphatic carbocycles. The third kappa shape index (κ3) is 2.25. The molecule has 0 saturated carbocycles. The summed E-state index contributed by atoms with van der Waals surface area (Å²) in [5.41, 5.74) is 0. The molecule has 1 fully saturated rings. The van der Waals surface area contributed by atoms with Crippen LogP contribution in [0, 0.1) is 5.92 Å². The van der Waals surface area contributed by atoms with Gasteiger partial charge in [0.25, 0.3) is 0 Å². The molecule has 0 spiro atoms. The molecule has 1 aliphatic rings. The summed E-state index contributed by atoms with van der Waals surface area (Å²) >= 11 is 0. The van der Waals surface area contributed by atoms with Gasteiger partial charge in [0.05, 0.1) is 6.61 Å². The molecule has 1 saturated heterocycles. The fourth-order valence-electron chi connectivity index (χ4n) is 1.28. The maximum atomic E-state index is 5.57. The molecule has 1 rings (SSSR count). The molecule has 1 unspecified atom stereocenters. The van der Waals surface area contributed by atoms with Gasteiger partial charge in [0.1, 0.15) is 0 Å². The van der Waals surface area contributed by atoms with E-state index in [9.17, 15) is 0 Å². The van der Waals surface area contributed by atoms with Crippen LogP contribution in [0.15, 0.2) is 0 Å². The van der Waals surface area contributed by atoms with Crippen molar-refractivity contribution in [1.29, 1.82) is 0 Å². The quantitative estimate of drug-likeness (QED) is 0.576. The molecular weight excluding hydrogens is 128 g/mol. The number of hydrogen-bond acceptors (Lipinski definition) is 3. The zero-order chi connectivity index (χ0) is 7.40. The zero-order valence-electron chi connectivity index (χ0n) is 6.55. The summed E-state index contributed by atoms with van der Waals surface area (Å²) < 4.78 is 5.28. The molecule has 0 aromatic rings. The third-order valence-electron chi connectivity index (χ3n) is 1.87. The van der Waals surface area contributed by atoms with Crippen LogP contribution in [0.3, 0.4) is 0 Å². The van der Waals surface area contributed by atoms with Crippen molar-refractivity contribution in [1.82, 2.24) is 5.01 Å². The number of hydrazine groups is 1. The second-order valence-corrected chi connectivity index (χ2v) is 2.81. The average Bonchev–Trinajstić information content (AvgIpc) is 2.31. The van der Waals surface area contributed by atoms with Crippen LogP contribution in [-0.2, 0) is 4.74 Å². The maximum Gasteiger partial charge on any atom is 0.0507 e. The highest BCUT2D eigenvalue weighted by molar-refractivity contribution is 4.70. The normalized spacial score (nSPS) is 27.6. The van der Waals surface area contributed by atoms with Crippen molar-refractivity contribution in [3.8, 4) is 0 Å². The molecule has 0 aromatic heterocycles. The highest BCUT2D eigenvalue weighted by Crippen LogP contribution is 2.12. The van der Waals surface area contributed by atoms with Crippen molar-refractivity contribution in [2.75, 3.05) is 26.3 Å². The molecular formula is C7H16N2O. The summed E-state index contributed by atoms with van der Waals surface area (Å²) in [6.07, 6.45) is 1.19. The van der Waals surface area contributed by atoms with Gasteiger partial charge in [-0.1, -0.05) is 0 Å². The van der Waals surface area contributed by atoms with Gasteiger partial charge >= 0.3 is 0 Å². The first-order chi connectivity index (χ1) is 4.83. The van der Waals surface area contributed by atoms with Gasteiger partial charge in [-0.05, 0) is 19.3 Å². The lowest BCUT2D eigenvalue weighted by molar-refractivity contribution is 0.112. The Morgan fingerprint density at radius 1 is 1.70 bits per heavy atom. The van der Waals surface area contributed by atoms with Crippen LogP contribution >= 0.6 is 0 Å². The van der Waals surface area contributed by atoms with E-state index in [-0.39, 0.29) is 0 Å². The van der Waals surface area contributed by atoms with Gasteiger partial charge < -0.3 is 4.74 Å². The Kier molecular flexibility index (Phi) is 3.12. The van der Waals surface area contributed by atoms with Gasteiger partial charge in [0.2, 0.25) is 0 Å². The van der Waals surface area contributed by atoms with E-state index in [0.29, 0.717) is 5.92 Å².